The van der Waals surface area contributed by atoms with Crippen molar-refractivity contribution in [2.75, 3.05) is 13.2 Å². The van der Waals surface area contributed by atoms with E-state index in [1.165, 1.54) is 0 Å². The maximum Gasteiger partial charge on any atom is 0.522 e. The molecule has 0 aromatic heterocycles. The zero-order chi connectivity index (χ0) is 13.8. The molecule has 0 saturated carbocycles. The number of rotatable bonds is 5. The maximum absolute atomic E-state index is 11.7. The van der Waals surface area contributed by atoms with E-state index in [0.717, 1.165) is 4.47 Å². The molecule has 3 nitrogen and oxygen atoms in total. The highest BCUT2D eigenvalue weighted by Gasteiger charge is 2.28. The van der Waals surface area contributed by atoms with Gasteiger partial charge >= 0.3 is 6.36 Å². The van der Waals surface area contributed by atoms with E-state index < -0.39 is 13.0 Å². The number of benzene rings is 1. The predicted octanol–water partition coefficient (Wildman–Crippen LogP) is 3.00. The van der Waals surface area contributed by atoms with Gasteiger partial charge in [-0.3, -0.25) is 4.74 Å². The Morgan fingerprint density at radius 2 is 2.00 bits per heavy atom. The molecule has 0 unspecified atom stereocenters. The Hall–Kier alpha value is -0.860. The van der Waals surface area contributed by atoms with Gasteiger partial charge in [0.25, 0.3) is 0 Å². The zero-order valence-corrected chi connectivity index (χ0v) is 11.4. The molecule has 0 aliphatic heterocycles. The average Bonchev–Trinajstić information content (AvgIpc) is 2.24. The van der Waals surface area contributed by atoms with Gasteiger partial charge in [0.15, 0.2) is 0 Å². The van der Waals surface area contributed by atoms with E-state index in [9.17, 15) is 13.2 Å². The molecular formula is C10H9BrF3NO2S. The largest absolute Gasteiger partial charge is 0.522 e. The minimum Gasteiger partial charge on any atom is -0.490 e. The fourth-order valence-electron chi connectivity index (χ4n) is 1.13. The highest BCUT2D eigenvalue weighted by Crippen LogP contribution is 2.23. The van der Waals surface area contributed by atoms with Crippen molar-refractivity contribution in [1.29, 1.82) is 0 Å². The van der Waals surface area contributed by atoms with Gasteiger partial charge in [0.1, 0.15) is 17.3 Å². The van der Waals surface area contributed by atoms with Crippen molar-refractivity contribution in [2.24, 2.45) is 5.73 Å². The third-order valence-corrected chi connectivity index (χ3v) is 2.53. The summed E-state index contributed by atoms with van der Waals surface area (Å²) in [5.74, 6) is 0.316. The second kappa shape index (κ2) is 6.35. The van der Waals surface area contributed by atoms with Gasteiger partial charge in [0.2, 0.25) is 0 Å². The maximum atomic E-state index is 11.7. The van der Waals surface area contributed by atoms with Crippen molar-refractivity contribution in [2.45, 2.75) is 6.36 Å². The summed E-state index contributed by atoms with van der Waals surface area (Å²) >= 11 is 8.04. The Kier molecular flexibility index (Phi) is 5.36. The Bertz CT molecular complexity index is 440. The highest BCUT2D eigenvalue weighted by atomic mass is 79.9. The molecule has 8 heteroatoms. The summed E-state index contributed by atoms with van der Waals surface area (Å²) in [6.45, 7) is -0.854. The van der Waals surface area contributed by atoms with Crippen LogP contribution in [0, 0.1) is 0 Å². The van der Waals surface area contributed by atoms with Gasteiger partial charge in [0.05, 0.1) is 12.2 Å². The van der Waals surface area contributed by atoms with Crippen molar-refractivity contribution in [1.82, 2.24) is 0 Å². The Morgan fingerprint density at radius 3 is 2.56 bits per heavy atom. The van der Waals surface area contributed by atoms with Crippen LogP contribution in [0.3, 0.4) is 0 Å². The van der Waals surface area contributed by atoms with Crippen LogP contribution in [-0.4, -0.2) is 24.6 Å². The molecule has 1 aromatic carbocycles. The van der Waals surface area contributed by atoms with Crippen molar-refractivity contribution in [3.63, 3.8) is 0 Å². The monoisotopic (exact) mass is 343 g/mol. The predicted molar refractivity (Wildman–Crippen MR) is 67.5 cm³/mol. The van der Waals surface area contributed by atoms with Gasteiger partial charge in [-0.05, 0) is 18.2 Å². The van der Waals surface area contributed by atoms with Crippen LogP contribution in [0.25, 0.3) is 0 Å². The summed E-state index contributed by atoms with van der Waals surface area (Å²) in [5, 5.41) is 0. The SMILES string of the molecule is NC(=S)c1cc(Br)ccc1OCCOC(F)(F)F. The summed E-state index contributed by atoms with van der Waals surface area (Å²) in [7, 11) is 0. The molecular weight excluding hydrogens is 335 g/mol. The van der Waals surface area contributed by atoms with E-state index in [4.69, 9.17) is 22.7 Å². The second-order valence-electron chi connectivity index (χ2n) is 3.15. The number of halogens is 4. The summed E-state index contributed by atoms with van der Waals surface area (Å²) in [5.41, 5.74) is 5.93. The minimum atomic E-state index is -4.66. The van der Waals surface area contributed by atoms with E-state index in [1.807, 2.05) is 0 Å². The van der Waals surface area contributed by atoms with Crippen LogP contribution in [0.5, 0.6) is 5.75 Å². The van der Waals surface area contributed by atoms with Gasteiger partial charge in [-0.15, -0.1) is 13.2 Å². The van der Waals surface area contributed by atoms with E-state index in [0.29, 0.717) is 11.3 Å². The van der Waals surface area contributed by atoms with Gasteiger partial charge in [-0.2, -0.15) is 0 Å². The lowest BCUT2D eigenvalue weighted by Crippen LogP contribution is -2.19. The van der Waals surface area contributed by atoms with Gasteiger partial charge < -0.3 is 10.5 Å². The molecule has 1 aromatic rings. The Labute approximate surface area is 115 Å². The molecule has 0 aliphatic rings. The van der Waals surface area contributed by atoms with Crippen LogP contribution in [0.4, 0.5) is 13.2 Å². The molecule has 0 heterocycles. The summed E-state index contributed by atoms with van der Waals surface area (Å²) in [6.07, 6.45) is -4.66. The highest BCUT2D eigenvalue weighted by molar-refractivity contribution is 9.10. The third kappa shape index (κ3) is 5.19. The molecule has 0 spiro atoms. The fraction of sp³-hybridized carbons (Fsp3) is 0.300. The van der Waals surface area contributed by atoms with Crippen LogP contribution in [0.15, 0.2) is 22.7 Å². The van der Waals surface area contributed by atoms with E-state index in [-0.39, 0.29) is 11.6 Å². The van der Waals surface area contributed by atoms with E-state index >= 15 is 0 Å². The molecule has 18 heavy (non-hydrogen) atoms. The van der Waals surface area contributed by atoms with E-state index in [1.54, 1.807) is 18.2 Å². The number of thiocarbonyl (C=S) groups is 1. The molecule has 1 rings (SSSR count). The number of hydrogen-bond acceptors (Lipinski definition) is 3. The Balaban J connectivity index is 2.59. The molecule has 0 atom stereocenters. The quantitative estimate of drug-likeness (QED) is 0.659. The lowest BCUT2D eigenvalue weighted by Gasteiger charge is -2.12. The molecule has 0 aliphatic carbocycles. The summed E-state index contributed by atoms with van der Waals surface area (Å²) in [6, 6.07) is 4.86. The van der Waals surface area contributed by atoms with Gasteiger partial charge in [-0.25, -0.2) is 0 Å². The van der Waals surface area contributed by atoms with Crippen LogP contribution in [-0.2, 0) is 4.74 Å². The number of alkyl halides is 3. The first kappa shape index (κ1) is 15.2. The van der Waals surface area contributed by atoms with Crippen LogP contribution in [0.2, 0.25) is 0 Å². The van der Waals surface area contributed by atoms with Gasteiger partial charge in [-0.1, -0.05) is 28.1 Å². The number of ether oxygens (including phenoxy) is 2. The summed E-state index contributed by atoms with van der Waals surface area (Å²) < 4.78 is 44.6. The fourth-order valence-corrected chi connectivity index (χ4v) is 1.65. The smallest absolute Gasteiger partial charge is 0.490 e. The molecule has 0 amide bonds. The average molecular weight is 344 g/mol. The normalized spacial score (nSPS) is 11.3. The first-order valence-electron chi connectivity index (χ1n) is 4.72. The number of nitrogens with two attached hydrogens (primary N) is 1. The second-order valence-corrected chi connectivity index (χ2v) is 4.50. The van der Waals surface area contributed by atoms with E-state index in [2.05, 4.69) is 20.7 Å². The van der Waals surface area contributed by atoms with Crippen molar-refractivity contribution in [3.8, 4) is 5.75 Å². The van der Waals surface area contributed by atoms with Crippen LogP contribution < -0.4 is 10.5 Å². The first-order valence-corrected chi connectivity index (χ1v) is 5.92. The lowest BCUT2D eigenvalue weighted by molar-refractivity contribution is -0.325. The topological polar surface area (TPSA) is 44.5 Å². The zero-order valence-electron chi connectivity index (χ0n) is 8.96. The third-order valence-electron chi connectivity index (χ3n) is 1.81. The van der Waals surface area contributed by atoms with Crippen LogP contribution >= 0.6 is 28.1 Å². The van der Waals surface area contributed by atoms with Crippen molar-refractivity contribution < 1.29 is 22.6 Å². The van der Waals surface area contributed by atoms with Gasteiger partial charge in [0, 0.05) is 4.47 Å². The number of hydrogen-bond donors (Lipinski definition) is 1. The standard InChI is InChI=1S/C10H9BrF3NO2S/c11-6-1-2-8(7(5-6)9(15)18)16-3-4-17-10(12,13)14/h1-2,5H,3-4H2,(H2,15,18). The molecule has 0 saturated heterocycles. The molecule has 0 bridgehead atoms. The molecule has 0 fully saturated rings. The molecule has 100 valence electrons. The molecule has 2 N–H and O–H groups in total. The summed E-state index contributed by atoms with van der Waals surface area (Å²) in [4.78, 5) is 0.100. The lowest BCUT2D eigenvalue weighted by atomic mass is 10.2. The minimum absolute atomic E-state index is 0.100. The van der Waals surface area contributed by atoms with Crippen molar-refractivity contribution in [3.05, 3.63) is 28.2 Å². The first-order chi connectivity index (χ1) is 8.29. The van der Waals surface area contributed by atoms with Crippen molar-refractivity contribution >= 4 is 33.1 Å². The van der Waals surface area contributed by atoms with Crippen LogP contribution in [0.1, 0.15) is 5.56 Å². The molecule has 0 radical (unpaired) electrons. The Morgan fingerprint density at radius 1 is 1.33 bits per heavy atom.